The number of carboxylic acids is 3. The summed E-state index contributed by atoms with van der Waals surface area (Å²) in [6, 6.07) is 0. The van der Waals surface area contributed by atoms with Gasteiger partial charge in [0.25, 0.3) is 0 Å². The zero-order valence-electron chi connectivity index (χ0n) is 15.2. The van der Waals surface area contributed by atoms with Crippen LogP contribution >= 0.6 is 58.1 Å². The quantitative estimate of drug-likeness (QED) is 0.170. The van der Waals surface area contributed by atoms with Crippen molar-refractivity contribution in [2.75, 3.05) is 12.3 Å². The monoisotopic (exact) mass is 544 g/mol. The SMILES string of the molecule is CC(CC(CC(CP(=O)(O)CC(OP([PH-])[PH-])OP([PH-])[PH-])C(=O)O)C(=O)O)C(=O)O. The summed E-state index contributed by atoms with van der Waals surface area (Å²) in [7, 11) is 5.86. The first-order valence-corrected chi connectivity index (χ1v) is 17.8. The Kier molecular flexibility index (Phi) is 14.8. The van der Waals surface area contributed by atoms with Gasteiger partial charge >= 0.3 is 17.9 Å². The smallest absolute Gasteiger partial charge is 0.307 e. The molecule has 0 saturated heterocycles. The van der Waals surface area contributed by atoms with E-state index in [-0.39, 0.29) is 6.42 Å². The molecule has 0 aliphatic carbocycles. The highest BCUT2D eigenvalue weighted by Gasteiger charge is 2.35. The van der Waals surface area contributed by atoms with Crippen LogP contribution in [0.25, 0.3) is 0 Å². The van der Waals surface area contributed by atoms with E-state index in [9.17, 15) is 34.1 Å². The van der Waals surface area contributed by atoms with E-state index in [1.54, 1.807) is 0 Å². The summed E-state index contributed by atoms with van der Waals surface area (Å²) < 4.78 is 23.3. The molecule has 0 radical (unpaired) electrons. The minimum Gasteiger partial charge on any atom is -0.529 e. The van der Waals surface area contributed by atoms with E-state index in [1.165, 1.54) is 6.92 Å². The fraction of sp³-hybridized carbons (Fsp3) is 0.750. The van der Waals surface area contributed by atoms with Crippen LogP contribution in [0.1, 0.15) is 19.8 Å². The number of hydrogen-bond acceptors (Lipinski definition) is 6. The molecule has 4 N–H and O–H groups in total. The van der Waals surface area contributed by atoms with Gasteiger partial charge in [-0.2, -0.15) is 0 Å². The number of carbonyl (C=O) groups is 3. The second-order valence-corrected chi connectivity index (χ2v) is 17.8. The predicted octanol–water partition coefficient (Wildman–Crippen LogP) is 4.54. The second-order valence-electron chi connectivity index (χ2n) is 6.22. The van der Waals surface area contributed by atoms with Crippen molar-refractivity contribution in [3.8, 4) is 0 Å². The number of hydrogen-bond donors (Lipinski definition) is 4. The van der Waals surface area contributed by atoms with E-state index >= 15 is 0 Å². The molecule has 0 aromatic carbocycles. The number of rotatable bonds is 15. The van der Waals surface area contributed by atoms with Crippen LogP contribution in [0.5, 0.6) is 0 Å². The minimum absolute atomic E-state index is 0.299. The summed E-state index contributed by atoms with van der Waals surface area (Å²) >= 11 is 0. The molecule has 0 aliphatic rings. The molecule has 0 rings (SSSR count). The third kappa shape index (κ3) is 14.0. The van der Waals surface area contributed by atoms with Crippen molar-refractivity contribution < 1.29 is 48.2 Å². The van der Waals surface area contributed by atoms with Crippen LogP contribution in [-0.4, -0.2) is 56.7 Å². The van der Waals surface area contributed by atoms with E-state index < -0.39 is 83.1 Å². The van der Waals surface area contributed by atoms with Gasteiger partial charge in [0.2, 0.25) is 7.37 Å². The molecule has 0 heterocycles. The average Bonchev–Trinajstić information content (AvgIpc) is 2.50. The first-order chi connectivity index (χ1) is 13.1. The Morgan fingerprint density at radius 1 is 0.862 bits per heavy atom. The third-order valence-corrected chi connectivity index (χ3v) is 7.75. The summed E-state index contributed by atoms with van der Waals surface area (Å²) in [5.74, 6) is -7.79. The van der Waals surface area contributed by atoms with Gasteiger partial charge in [-0.05, 0) is 12.8 Å². The van der Waals surface area contributed by atoms with Crippen molar-refractivity contribution in [3.05, 3.63) is 0 Å². The van der Waals surface area contributed by atoms with Crippen LogP contribution < -0.4 is 0 Å². The Bertz CT molecular complexity index is 606. The van der Waals surface area contributed by atoms with Gasteiger partial charge in [-0.25, -0.2) is 0 Å². The van der Waals surface area contributed by atoms with Gasteiger partial charge < -0.3 is 65.0 Å². The van der Waals surface area contributed by atoms with Gasteiger partial charge in [-0.3, -0.25) is 34.0 Å². The molecule has 0 fully saturated rings. The lowest BCUT2D eigenvalue weighted by Gasteiger charge is -2.39. The highest BCUT2D eigenvalue weighted by molar-refractivity contribution is 8.41. The van der Waals surface area contributed by atoms with Gasteiger partial charge in [0.05, 0.1) is 23.9 Å². The molecule has 0 saturated carbocycles. The van der Waals surface area contributed by atoms with Crippen LogP contribution in [0.3, 0.4) is 0 Å². The van der Waals surface area contributed by atoms with Crippen LogP contribution in [-0.2, 0) is 28.0 Å². The van der Waals surface area contributed by atoms with Gasteiger partial charge in [0.1, 0.15) is 0 Å². The molecule has 10 nitrogen and oxygen atoms in total. The average molecular weight is 544 g/mol. The maximum Gasteiger partial charge on any atom is 0.307 e. The van der Waals surface area contributed by atoms with Crippen LogP contribution in [0.2, 0.25) is 0 Å². The molecule has 17 heteroatoms. The molecular formula is C12H23O10P7-4. The zero-order valence-corrected chi connectivity index (χ0v) is 21.9. The minimum atomic E-state index is -4.12. The van der Waals surface area contributed by atoms with Crippen molar-refractivity contribution >= 4 is 76.0 Å². The normalized spacial score (nSPS) is 17.1. The molecule has 0 bridgehead atoms. The maximum atomic E-state index is 12.6. The summed E-state index contributed by atoms with van der Waals surface area (Å²) in [5, 5.41) is 27.7. The third-order valence-electron chi connectivity index (χ3n) is 3.71. The zero-order chi connectivity index (χ0) is 22.9. The Morgan fingerprint density at radius 3 is 1.66 bits per heavy atom. The van der Waals surface area contributed by atoms with Gasteiger partial charge in [-0.15, -0.1) is 0 Å². The van der Waals surface area contributed by atoms with Crippen LogP contribution in [0, 0.1) is 17.8 Å². The molecule has 0 aromatic rings. The largest absolute Gasteiger partial charge is 0.529 e. The fourth-order valence-electron chi connectivity index (χ4n) is 2.40. The molecule has 170 valence electrons. The predicted molar refractivity (Wildman–Crippen MR) is 121 cm³/mol. The van der Waals surface area contributed by atoms with Gasteiger partial charge in [-0.1, -0.05) is 6.92 Å². The number of aliphatic carboxylic acids is 3. The van der Waals surface area contributed by atoms with E-state index in [0.29, 0.717) is 0 Å². The Balaban J connectivity index is 5.31. The maximum absolute atomic E-state index is 12.6. The lowest BCUT2D eigenvalue weighted by Crippen LogP contribution is -2.29. The standard InChI is InChI=1S/C12H23O10P7/c1-6(10(13)14)2-7(11(15)16)3-8(12(17)18)4-29(19,20)5-9(21-27(23)24)22-28(25)26/h6-9,23-26H,2-5H2,1H3,(H,13,14)(H,15,16)(H,17,18)(H,19,20)/q-4. The molecule has 4 atom stereocenters. The van der Waals surface area contributed by atoms with E-state index in [1.807, 2.05) is 0 Å². The van der Waals surface area contributed by atoms with Crippen LogP contribution in [0.4, 0.5) is 0 Å². The lowest BCUT2D eigenvalue weighted by atomic mass is 9.88. The fourth-order valence-corrected chi connectivity index (χ4v) is 6.57. The molecule has 0 spiro atoms. The van der Waals surface area contributed by atoms with Gasteiger partial charge in [0.15, 0.2) is 6.29 Å². The van der Waals surface area contributed by atoms with E-state index in [2.05, 4.69) is 35.7 Å². The lowest BCUT2D eigenvalue weighted by molar-refractivity contribution is -0.147. The van der Waals surface area contributed by atoms with Crippen molar-refractivity contribution in [3.63, 3.8) is 0 Å². The number of carboxylic acid groups (broad SMARTS) is 3. The molecular weight excluding hydrogens is 521 g/mol. The summed E-state index contributed by atoms with van der Waals surface area (Å²) in [6.07, 6.45) is -3.16. The second kappa shape index (κ2) is 14.3. The Hall–Kier alpha value is 1.10. The highest BCUT2D eigenvalue weighted by atomic mass is 32.4. The summed E-state index contributed by atoms with van der Waals surface area (Å²) in [6.45, 7) is 1.31. The Labute approximate surface area is 180 Å². The molecule has 0 amide bonds. The highest BCUT2D eigenvalue weighted by Crippen LogP contribution is 2.61. The molecule has 29 heavy (non-hydrogen) atoms. The van der Waals surface area contributed by atoms with Crippen LogP contribution in [0.15, 0.2) is 0 Å². The molecule has 0 aromatic heterocycles. The Morgan fingerprint density at radius 2 is 1.31 bits per heavy atom. The van der Waals surface area contributed by atoms with Crippen molar-refractivity contribution in [1.29, 1.82) is 0 Å². The first kappa shape index (κ1) is 30.1. The van der Waals surface area contributed by atoms with E-state index in [4.69, 9.17) is 14.2 Å². The van der Waals surface area contributed by atoms with Crippen molar-refractivity contribution in [1.82, 2.24) is 0 Å². The van der Waals surface area contributed by atoms with Gasteiger partial charge in [0, 0.05) is 6.16 Å². The topological polar surface area (TPSA) is 168 Å². The molecule has 4 unspecified atom stereocenters. The van der Waals surface area contributed by atoms with Crippen molar-refractivity contribution in [2.24, 2.45) is 17.8 Å². The first-order valence-electron chi connectivity index (χ1n) is 7.92. The van der Waals surface area contributed by atoms with Crippen molar-refractivity contribution in [2.45, 2.75) is 26.1 Å². The summed E-state index contributed by atoms with van der Waals surface area (Å²) in [4.78, 5) is 44.3. The molecule has 0 aliphatic heterocycles. The van der Waals surface area contributed by atoms with E-state index in [0.717, 1.165) is 0 Å². The summed E-state index contributed by atoms with van der Waals surface area (Å²) in [5.41, 5.74) is 0.